The third kappa shape index (κ3) is 3.46. The highest BCUT2D eigenvalue weighted by molar-refractivity contribution is 7.86. The number of rotatable bonds is 3. The second kappa shape index (κ2) is 6.05. The molecule has 0 unspecified atom stereocenters. The molecule has 2 heterocycles. The summed E-state index contributed by atoms with van der Waals surface area (Å²) in [6.07, 6.45) is 1.65. The van der Waals surface area contributed by atoms with E-state index in [9.17, 15) is 8.42 Å². The van der Waals surface area contributed by atoms with Gasteiger partial charge in [0.2, 0.25) is 0 Å². The zero-order valence-electron chi connectivity index (χ0n) is 11.8. The van der Waals surface area contributed by atoms with Gasteiger partial charge in [-0.3, -0.25) is 0 Å². The summed E-state index contributed by atoms with van der Waals surface area (Å²) < 4.78 is 33.9. The number of nitrogens with two attached hydrogens (primary N) is 1. The number of hydrogen-bond acceptors (Lipinski definition) is 4. The smallest absolute Gasteiger partial charge is 0.282 e. The summed E-state index contributed by atoms with van der Waals surface area (Å²) in [5.74, 6) is 0.467. The Morgan fingerprint density at radius 2 is 1.63 bits per heavy atom. The molecule has 0 amide bonds. The fourth-order valence-electron chi connectivity index (χ4n) is 2.86. The van der Waals surface area contributed by atoms with Crippen molar-refractivity contribution in [3.8, 4) is 0 Å². The van der Waals surface area contributed by atoms with Crippen LogP contribution in [0.25, 0.3) is 0 Å². The summed E-state index contributed by atoms with van der Waals surface area (Å²) in [6, 6.07) is 0. The van der Waals surface area contributed by atoms with Gasteiger partial charge in [-0.2, -0.15) is 17.0 Å². The van der Waals surface area contributed by atoms with E-state index in [4.69, 9.17) is 10.5 Å². The number of morpholine rings is 1. The van der Waals surface area contributed by atoms with E-state index in [0.717, 1.165) is 12.8 Å². The lowest BCUT2D eigenvalue weighted by Gasteiger charge is -2.39. The SMILES string of the molecule is C[C@@H]1CN(S(=O)(=O)N2CCC(CN)CC2)C[C@H](C)O1. The highest BCUT2D eigenvalue weighted by Gasteiger charge is 2.36. The van der Waals surface area contributed by atoms with Crippen LogP contribution in [0.3, 0.4) is 0 Å². The standard InChI is InChI=1S/C12H25N3O3S/c1-10-8-15(9-11(2)18-10)19(16,17)14-5-3-12(7-13)4-6-14/h10-12H,3-9,13H2,1-2H3/t10-,11+. The molecule has 0 saturated carbocycles. The van der Waals surface area contributed by atoms with Gasteiger partial charge in [-0.25, -0.2) is 0 Å². The molecule has 2 atom stereocenters. The molecule has 0 aromatic rings. The average molecular weight is 291 g/mol. The monoisotopic (exact) mass is 291 g/mol. The number of ether oxygens (including phenoxy) is 1. The third-order valence-corrected chi connectivity index (χ3v) is 5.91. The quantitative estimate of drug-likeness (QED) is 0.795. The predicted molar refractivity (Wildman–Crippen MR) is 73.9 cm³/mol. The summed E-state index contributed by atoms with van der Waals surface area (Å²) in [7, 11) is -3.34. The van der Waals surface area contributed by atoms with E-state index >= 15 is 0 Å². The molecule has 112 valence electrons. The Morgan fingerprint density at radius 3 is 2.11 bits per heavy atom. The normalized spacial score (nSPS) is 32.6. The molecule has 2 rings (SSSR count). The van der Waals surface area contributed by atoms with Crippen LogP contribution in [0.15, 0.2) is 0 Å². The Labute approximate surface area is 116 Å². The lowest BCUT2D eigenvalue weighted by molar-refractivity contribution is -0.0456. The molecule has 2 aliphatic rings. The van der Waals surface area contributed by atoms with Crippen molar-refractivity contribution in [2.45, 2.75) is 38.9 Å². The van der Waals surface area contributed by atoms with E-state index in [1.54, 1.807) is 8.61 Å². The number of nitrogens with zero attached hydrogens (tertiary/aromatic N) is 2. The van der Waals surface area contributed by atoms with Crippen molar-refractivity contribution in [1.29, 1.82) is 0 Å². The molecule has 2 fully saturated rings. The Kier molecular flexibility index (Phi) is 4.84. The molecule has 0 aliphatic carbocycles. The third-order valence-electron chi connectivity index (χ3n) is 3.95. The van der Waals surface area contributed by atoms with E-state index in [-0.39, 0.29) is 12.2 Å². The Morgan fingerprint density at radius 1 is 1.11 bits per heavy atom. The first kappa shape index (κ1) is 15.2. The highest BCUT2D eigenvalue weighted by Crippen LogP contribution is 2.23. The van der Waals surface area contributed by atoms with Crippen molar-refractivity contribution in [1.82, 2.24) is 8.61 Å². The lowest BCUT2D eigenvalue weighted by atomic mass is 9.99. The molecule has 2 N–H and O–H groups in total. The van der Waals surface area contributed by atoms with Crippen molar-refractivity contribution in [2.24, 2.45) is 11.7 Å². The van der Waals surface area contributed by atoms with Crippen LogP contribution in [0.5, 0.6) is 0 Å². The Hall–Kier alpha value is -0.210. The second-order valence-corrected chi connectivity index (χ2v) is 7.59. The van der Waals surface area contributed by atoms with Gasteiger partial charge in [-0.05, 0) is 39.2 Å². The van der Waals surface area contributed by atoms with Gasteiger partial charge in [0, 0.05) is 26.2 Å². The van der Waals surface area contributed by atoms with E-state index in [2.05, 4.69) is 0 Å². The first-order chi connectivity index (χ1) is 8.93. The minimum absolute atomic E-state index is 0.0416. The van der Waals surface area contributed by atoms with Crippen LogP contribution in [0.1, 0.15) is 26.7 Å². The highest BCUT2D eigenvalue weighted by atomic mass is 32.2. The van der Waals surface area contributed by atoms with Gasteiger partial charge in [0.1, 0.15) is 0 Å². The van der Waals surface area contributed by atoms with Gasteiger partial charge in [-0.15, -0.1) is 0 Å². The van der Waals surface area contributed by atoms with Crippen molar-refractivity contribution >= 4 is 10.2 Å². The minimum atomic E-state index is -3.34. The van der Waals surface area contributed by atoms with Crippen LogP contribution in [0, 0.1) is 5.92 Å². The van der Waals surface area contributed by atoms with Crippen molar-refractivity contribution in [2.75, 3.05) is 32.7 Å². The van der Waals surface area contributed by atoms with E-state index in [0.29, 0.717) is 38.6 Å². The van der Waals surface area contributed by atoms with E-state index in [1.807, 2.05) is 13.8 Å². The predicted octanol–water partition coefficient (Wildman–Crippen LogP) is 0.0111. The van der Waals surface area contributed by atoms with Crippen molar-refractivity contribution < 1.29 is 13.2 Å². The summed E-state index contributed by atoms with van der Waals surface area (Å²) in [4.78, 5) is 0. The van der Waals surface area contributed by atoms with Gasteiger partial charge in [0.15, 0.2) is 0 Å². The van der Waals surface area contributed by atoms with Crippen LogP contribution >= 0.6 is 0 Å². The van der Waals surface area contributed by atoms with Gasteiger partial charge in [-0.1, -0.05) is 0 Å². The summed E-state index contributed by atoms with van der Waals surface area (Å²) in [5.41, 5.74) is 5.64. The molecule has 7 heteroatoms. The van der Waals surface area contributed by atoms with Gasteiger partial charge < -0.3 is 10.5 Å². The molecule has 0 spiro atoms. The summed E-state index contributed by atoms with van der Waals surface area (Å²) >= 11 is 0. The van der Waals surface area contributed by atoms with Crippen molar-refractivity contribution in [3.05, 3.63) is 0 Å². The van der Waals surface area contributed by atoms with Crippen LogP contribution in [0.4, 0.5) is 0 Å². The Balaban J connectivity index is 2.02. The van der Waals surface area contributed by atoms with Crippen LogP contribution in [-0.2, 0) is 14.9 Å². The molecule has 19 heavy (non-hydrogen) atoms. The first-order valence-corrected chi connectivity index (χ1v) is 8.44. The maximum Gasteiger partial charge on any atom is 0.282 e. The zero-order chi connectivity index (χ0) is 14.0. The summed E-state index contributed by atoms with van der Waals surface area (Å²) in [6.45, 7) is 6.55. The van der Waals surface area contributed by atoms with Gasteiger partial charge in [0.25, 0.3) is 10.2 Å². The molecule has 0 radical (unpaired) electrons. The van der Waals surface area contributed by atoms with Gasteiger partial charge in [0.05, 0.1) is 12.2 Å². The molecule has 0 bridgehead atoms. The molecular formula is C12H25N3O3S. The topological polar surface area (TPSA) is 75.9 Å². The van der Waals surface area contributed by atoms with Crippen LogP contribution in [0.2, 0.25) is 0 Å². The van der Waals surface area contributed by atoms with E-state index in [1.165, 1.54) is 0 Å². The largest absolute Gasteiger partial charge is 0.373 e. The molecule has 2 saturated heterocycles. The molecule has 2 aliphatic heterocycles. The molecular weight excluding hydrogens is 266 g/mol. The minimum Gasteiger partial charge on any atom is -0.373 e. The number of hydrogen-bond donors (Lipinski definition) is 1. The van der Waals surface area contributed by atoms with E-state index < -0.39 is 10.2 Å². The first-order valence-electron chi connectivity index (χ1n) is 7.04. The zero-order valence-corrected chi connectivity index (χ0v) is 12.6. The lowest BCUT2D eigenvalue weighted by Crippen LogP contribution is -2.54. The van der Waals surface area contributed by atoms with Crippen LogP contribution < -0.4 is 5.73 Å². The van der Waals surface area contributed by atoms with Crippen LogP contribution in [-0.4, -0.2) is 62.0 Å². The van der Waals surface area contributed by atoms with Crippen molar-refractivity contribution in [3.63, 3.8) is 0 Å². The molecule has 0 aromatic carbocycles. The summed E-state index contributed by atoms with van der Waals surface area (Å²) in [5, 5.41) is 0. The average Bonchev–Trinajstić information content (AvgIpc) is 2.37. The maximum absolute atomic E-state index is 12.6. The number of piperidine rings is 1. The fraction of sp³-hybridized carbons (Fsp3) is 1.00. The van der Waals surface area contributed by atoms with Gasteiger partial charge >= 0.3 is 0 Å². The Bertz CT molecular complexity index is 383. The second-order valence-electron chi connectivity index (χ2n) is 5.66. The fourth-order valence-corrected chi connectivity index (χ4v) is 4.65. The molecule has 6 nitrogen and oxygen atoms in total. The maximum atomic E-state index is 12.6. The molecule has 0 aromatic heterocycles.